The lowest BCUT2D eigenvalue weighted by Crippen LogP contribution is -2.36. The van der Waals surface area contributed by atoms with Gasteiger partial charge < -0.3 is 15.8 Å². The second-order valence-electron chi connectivity index (χ2n) is 4.72. The highest BCUT2D eigenvalue weighted by Gasteiger charge is 2.33. The van der Waals surface area contributed by atoms with Gasteiger partial charge in [-0.2, -0.15) is 0 Å². The van der Waals surface area contributed by atoms with Crippen LogP contribution in [0.4, 0.5) is 13.2 Å². The molecule has 0 aromatic heterocycles. The molecule has 0 saturated carbocycles. The van der Waals surface area contributed by atoms with Crippen molar-refractivity contribution in [3.05, 3.63) is 29.8 Å². The van der Waals surface area contributed by atoms with Gasteiger partial charge in [0.15, 0.2) is 0 Å². The van der Waals surface area contributed by atoms with Crippen LogP contribution in [-0.2, 0) is 4.79 Å². The second-order valence-corrected chi connectivity index (χ2v) is 4.72. The molecule has 0 fully saturated rings. The first-order valence-electron chi connectivity index (χ1n) is 6.08. The normalized spacial score (nSPS) is 13.3. The first-order valence-corrected chi connectivity index (χ1v) is 6.08. The van der Waals surface area contributed by atoms with Crippen molar-refractivity contribution in [2.45, 2.75) is 26.3 Å². The molecule has 7 heteroatoms. The molecule has 0 spiro atoms. The first kappa shape index (κ1) is 16.3. The van der Waals surface area contributed by atoms with Crippen molar-refractivity contribution >= 4 is 5.91 Å². The van der Waals surface area contributed by atoms with Gasteiger partial charge in [-0.15, -0.1) is 13.2 Å². The molecule has 1 aromatic rings. The van der Waals surface area contributed by atoms with E-state index in [1.807, 2.05) is 13.8 Å². The number of nitrogens with two attached hydrogens (primary N) is 1. The van der Waals surface area contributed by atoms with Gasteiger partial charge in [0, 0.05) is 5.56 Å². The number of hydrogen-bond acceptors (Lipinski definition) is 3. The molecule has 0 heterocycles. The highest BCUT2D eigenvalue weighted by molar-refractivity contribution is 5.82. The Morgan fingerprint density at radius 3 is 2.45 bits per heavy atom. The third-order valence-corrected chi connectivity index (χ3v) is 2.47. The van der Waals surface area contributed by atoms with Gasteiger partial charge in [-0.05, 0) is 18.5 Å². The van der Waals surface area contributed by atoms with E-state index >= 15 is 0 Å². The fourth-order valence-corrected chi connectivity index (χ4v) is 1.65. The number of para-hydroxylation sites is 1. The number of ether oxygens (including phenoxy) is 1. The monoisotopic (exact) mass is 290 g/mol. The van der Waals surface area contributed by atoms with Crippen LogP contribution in [0.15, 0.2) is 24.3 Å². The van der Waals surface area contributed by atoms with E-state index in [-0.39, 0.29) is 11.5 Å². The van der Waals surface area contributed by atoms with E-state index in [1.54, 1.807) is 0 Å². The predicted molar refractivity (Wildman–Crippen MR) is 67.9 cm³/mol. The highest BCUT2D eigenvalue weighted by Crippen LogP contribution is 2.30. The smallest absolute Gasteiger partial charge is 0.405 e. The molecule has 112 valence electrons. The minimum atomic E-state index is -4.82. The summed E-state index contributed by atoms with van der Waals surface area (Å²) in [5, 5.41) is 2.84. The summed E-state index contributed by atoms with van der Waals surface area (Å²) in [7, 11) is 0. The predicted octanol–water partition coefficient (Wildman–Crippen LogP) is 2.36. The van der Waals surface area contributed by atoms with Crippen LogP contribution < -0.4 is 15.8 Å². The van der Waals surface area contributed by atoms with Gasteiger partial charge >= 0.3 is 6.36 Å². The molecule has 0 aliphatic heterocycles. The molecule has 1 rings (SSSR count). The summed E-state index contributed by atoms with van der Waals surface area (Å²) < 4.78 is 40.9. The topological polar surface area (TPSA) is 64.3 Å². The van der Waals surface area contributed by atoms with Crippen molar-refractivity contribution < 1.29 is 22.7 Å². The zero-order chi connectivity index (χ0) is 15.3. The minimum absolute atomic E-state index is 0.0676. The first-order chi connectivity index (χ1) is 9.20. The summed E-state index contributed by atoms with van der Waals surface area (Å²) in [6.45, 7) is 4.25. The lowest BCUT2D eigenvalue weighted by molar-refractivity contribution is -0.275. The standard InChI is InChI=1S/C13H17F3N2O2/c1-8(2)7-18-11(12(17)19)9-5-3-4-6-10(9)20-13(14,15)16/h3-6,8,11,18H,7H2,1-2H3,(H2,17,19). The summed E-state index contributed by atoms with van der Waals surface area (Å²) in [5.41, 5.74) is 5.32. The van der Waals surface area contributed by atoms with Crippen LogP contribution >= 0.6 is 0 Å². The molecule has 0 aliphatic rings. The van der Waals surface area contributed by atoms with Crippen LogP contribution in [-0.4, -0.2) is 18.8 Å². The lowest BCUT2D eigenvalue weighted by atomic mass is 10.0. The fourth-order valence-electron chi connectivity index (χ4n) is 1.65. The Morgan fingerprint density at radius 1 is 1.35 bits per heavy atom. The van der Waals surface area contributed by atoms with E-state index in [9.17, 15) is 18.0 Å². The van der Waals surface area contributed by atoms with Gasteiger partial charge in [-0.1, -0.05) is 32.0 Å². The van der Waals surface area contributed by atoms with E-state index in [2.05, 4.69) is 10.1 Å². The van der Waals surface area contributed by atoms with Crippen molar-refractivity contribution in [2.75, 3.05) is 6.54 Å². The Bertz CT molecular complexity index is 461. The molecular formula is C13H17F3N2O2. The molecular weight excluding hydrogens is 273 g/mol. The molecule has 1 atom stereocenters. The van der Waals surface area contributed by atoms with Gasteiger partial charge in [-0.25, -0.2) is 0 Å². The minimum Gasteiger partial charge on any atom is -0.405 e. The van der Waals surface area contributed by atoms with Crippen LogP contribution in [0, 0.1) is 5.92 Å². The number of rotatable bonds is 6. The number of amides is 1. The van der Waals surface area contributed by atoms with Gasteiger partial charge in [-0.3, -0.25) is 4.79 Å². The fraction of sp³-hybridized carbons (Fsp3) is 0.462. The van der Waals surface area contributed by atoms with E-state index in [0.29, 0.717) is 6.54 Å². The molecule has 3 N–H and O–H groups in total. The van der Waals surface area contributed by atoms with E-state index in [0.717, 1.165) is 6.07 Å². The number of nitrogens with one attached hydrogen (secondary N) is 1. The SMILES string of the molecule is CC(C)CNC(C(N)=O)c1ccccc1OC(F)(F)F. The van der Waals surface area contributed by atoms with E-state index in [4.69, 9.17) is 5.73 Å². The number of halogens is 3. The van der Waals surface area contributed by atoms with Crippen molar-refractivity contribution in [3.63, 3.8) is 0 Å². The van der Waals surface area contributed by atoms with Crippen LogP contribution in [0.3, 0.4) is 0 Å². The number of carbonyl (C=O) groups excluding carboxylic acids is 1. The third kappa shape index (κ3) is 5.08. The molecule has 1 aromatic carbocycles. The molecule has 0 radical (unpaired) electrons. The van der Waals surface area contributed by atoms with Gasteiger partial charge in [0.2, 0.25) is 5.91 Å². The maximum atomic E-state index is 12.3. The van der Waals surface area contributed by atoms with Crippen molar-refractivity contribution in [1.82, 2.24) is 5.32 Å². The average molecular weight is 290 g/mol. The zero-order valence-corrected chi connectivity index (χ0v) is 11.2. The molecule has 0 aliphatic carbocycles. The average Bonchev–Trinajstić information content (AvgIpc) is 2.28. The molecule has 0 saturated heterocycles. The number of primary amides is 1. The zero-order valence-electron chi connectivity index (χ0n) is 11.2. The molecule has 0 bridgehead atoms. The highest BCUT2D eigenvalue weighted by atomic mass is 19.4. The Hall–Kier alpha value is -1.76. The summed E-state index contributed by atoms with van der Waals surface area (Å²) in [6.07, 6.45) is -4.82. The van der Waals surface area contributed by atoms with Gasteiger partial charge in [0.05, 0.1) is 0 Å². The Kier molecular flexibility index (Phi) is 5.38. The van der Waals surface area contributed by atoms with E-state index < -0.39 is 24.1 Å². The second kappa shape index (κ2) is 6.60. The van der Waals surface area contributed by atoms with Crippen LogP contribution in [0.1, 0.15) is 25.5 Å². The van der Waals surface area contributed by atoms with E-state index in [1.165, 1.54) is 18.2 Å². The Balaban J connectivity index is 3.04. The summed E-state index contributed by atoms with van der Waals surface area (Å²) in [4.78, 5) is 11.5. The van der Waals surface area contributed by atoms with Crippen LogP contribution in [0.5, 0.6) is 5.75 Å². The maximum Gasteiger partial charge on any atom is 0.573 e. The largest absolute Gasteiger partial charge is 0.573 e. The third-order valence-electron chi connectivity index (χ3n) is 2.47. The summed E-state index contributed by atoms with van der Waals surface area (Å²) in [5.74, 6) is -0.975. The summed E-state index contributed by atoms with van der Waals surface area (Å²) in [6, 6.07) is 4.41. The molecule has 4 nitrogen and oxygen atoms in total. The van der Waals surface area contributed by atoms with Crippen molar-refractivity contribution in [2.24, 2.45) is 11.7 Å². The molecule has 20 heavy (non-hydrogen) atoms. The number of hydrogen-bond donors (Lipinski definition) is 2. The molecule has 1 amide bonds. The summed E-state index contributed by atoms with van der Waals surface area (Å²) >= 11 is 0. The number of carbonyl (C=O) groups is 1. The van der Waals surface area contributed by atoms with Crippen LogP contribution in [0.2, 0.25) is 0 Å². The number of alkyl halides is 3. The van der Waals surface area contributed by atoms with Crippen LogP contribution in [0.25, 0.3) is 0 Å². The van der Waals surface area contributed by atoms with Gasteiger partial charge in [0.1, 0.15) is 11.8 Å². The van der Waals surface area contributed by atoms with Crippen molar-refractivity contribution in [3.8, 4) is 5.75 Å². The molecule has 1 unspecified atom stereocenters. The quantitative estimate of drug-likeness (QED) is 0.845. The number of benzene rings is 1. The van der Waals surface area contributed by atoms with Gasteiger partial charge in [0.25, 0.3) is 0 Å². The maximum absolute atomic E-state index is 12.3. The Labute approximate surface area is 115 Å². The van der Waals surface area contributed by atoms with Crippen molar-refractivity contribution in [1.29, 1.82) is 0 Å². The lowest BCUT2D eigenvalue weighted by Gasteiger charge is -2.20. The Morgan fingerprint density at radius 2 is 1.95 bits per heavy atom.